The smallest absolute Gasteiger partial charge is 0.233 e. The Morgan fingerprint density at radius 3 is 2.81 bits per heavy atom. The predicted octanol–water partition coefficient (Wildman–Crippen LogP) is 5.12. The number of fused-ring (bicyclic) bond motifs is 1. The number of aromatic nitrogens is 3. The quantitative estimate of drug-likeness (QED) is 0.395. The van der Waals surface area contributed by atoms with Gasteiger partial charge >= 0.3 is 0 Å². The number of halogens is 1. The predicted molar refractivity (Wildman–Crippen MR) is 122 cm³/mol. The van der Waals surface area contributed by atoms with Crippen molar-refractivity contribution < 1.29 is 9.18 Å². The first-order valence-corrected chi connectivity index (χ1v) is 12.0. The van der Waals surface area contributed by atoms with Crippen LogP contribution in [0.1, 0.15) is 23.8 Å². The highest BCUT2D eigenvalue weighted by atomic mass is 32.2. The van der Waals surface area contributed by atoms with Crippen LogP contribution in [0.4, 0.5) is 4.39 Å². The van der Waals surface area contributed by atoms with Crippen LogP contribution in [0.25, 0.3) is 15.9 Å². The molecule has 158 valence electrons. The topological polar surface area (TPSA) is 51.0 Å². The Labute approximate surface area is 187 Å². The van der Waals surface area contributed by atoms with Gasteiger partial charge in [-0.05, 0) is 43.2 Å². The van der Waals surface area contributed by atoms with E-state index in [-0.39, 0.29) is 11.7 Å². The molecular formula is C23H21FN4OS2. The van der Waals surface area contributed by atoms with Crippen molar-refractivity contribution in [1.82, 2.24) is 19.4 Å². The standard InChI is InChI=1S/C23H21FN4OS2/c24-17-4-3-5-18(14-17)28-13-10-25-23(28)30-15-21(29)27-11-8-16(9-12-27)22-26-19-6-1-2-7-20(19)31-22/h1-7,10,13-14,16H,8-9,11-12,15H2. The van der Waals surface area contributed by atoms with Crippen LogP contribution in [-0.4, -0.2) is 44.2 Å². The molecule has 1 aliphatic heterocycles. The van der Waals surface area contributed by atoms with Crippen molar-refractivity contribution in [2.24, 2.45) is 0 Å². The number of benzene rings is 2. The number of piperidine rings is 1. The number of para-hydroxylation sites is 1. The third-order valence-corrected chi connectivity index (χ3v) is 7.68. The summed E-state index contributed by atoms with van der Waals surface area (Å²) in [5.41, 5.74) is 1.76. The normalized spacial score (nSPS) is 14.9. The van der Waals surface area contributed by atoms with Crippen molar-refractivity contribution in [2.45, 2.75) is 23.9 Å². The van der Waals surface area contributed by atoms with Crippen LogP contribution in [0.2, 0.25) is 0 Å². The summed E-state index contributed by atoms with van der Waals surface area (Å²) >= 11 is 3.15. The second kappa shape index (κ2) is 8.80. The third kappa shape index (κ3) is 4.36. The van der Waals surface area contributed by atoms with Crippen LogP contribution in [-0.2, 0) is 4.79 Å². The lowest BCUT2D eigenvalue weighted by molar-refractivity contribution is -0.129. The van der Waals surface area contributed by atoms with Crippen LogP contribution in [0.15, 0.2) is 66.1 Å². The molecule has 0 unspecified atom stereocenters. The number of hydrogen-bond acceptors (Lipinski definition) is 5. The molecule has 31 heavy (non-hydrogen) atoms. The monoisotopic (exact) mass is 452 g/mol. The first kappa shape index (κ1) is 20.2. The fourth-order valence-electron chi connectivity index (χ4n) is 3.88. The summed E-state index contributed by atoms with van der Waals surface area (Å²) in [7, 11) is 0. The van der Waals surface area contributed by atoms with Crippen molar-refractivity contribution in [3.8, 4) is 5.69 Å². The minimum absolute atomic E-state index is 0.113. The average molecular weight is 453 g/mol. The first-order chi connectivity index (χ1) is 15.2. The van der Waals surface area contributed by atoms with Crippen LogP contribution in [0.3, 0.4) is 0 Å². The van der Waals surface area contributed by atoms with Gasteiger partial charge in [-0.25, -0.2) is 14.4 Å². The zero-order valence-corrected chi connectivity index (χ0v) is 18.4. The number of hydrogen-bond donors (Lipinski definition) is 0. The SMILES string of the molecule is O=C(CSc1nccn1-c1cccc(F)c1)N1CCC(c2nc3ccccc3s2)CC1. The molecule has 4 aromatic rings. The van der Waals surface area contributed by atoms with Crippen molar-refractivity contribution in [1.29, 1.82) is 0 Å². The van der Waals surface area contributed by atoms with Crippen LogP contribution in [0, 0.1) is 5.82 Å². The summed E-state index contributed by atoms with van der Waals surface area (Å²) in [4.78, 5) is 23.8. The molecule has 0 N–H and O–H groups in total. The van der Waals surface area contributed by atoms with E-state index in [1.807, 2.05) is 23.1 Å². The molecule has 1 saturated heterocycles. The Morgan fingerprint density at radius 2 is 2.00 bits per heavy atom. The average Bonchev–Trinajstić information content (AvgIpc) is 3.44. The van der Waals surface area contributed by atoms with Gasteiger partial charge in [-0.1, -0.05) is 30.0 Å². The zero-order valence-electron chi connectivity index (χ0n) is 16.8. The molecule has 1 amide bonds. The molecule has 0 aliphatic carbocycles. The van der Waals surface area contributed by atoms with E-state index in [0.717, 1.165) is 31.4 Å². The van der Waals surface area contributed by atoms with E-state index in [9.17, 15) is 9.18 Å². The number of carbonyl (C=O) groups excluding carboxylic acids is 1. The van der Waals surface area contributed by atoms with E-state index in [0.29, 0.717) is 22.5 Å². The van der Waals surface area contributed by atoms with Crippen molar-refractivity contribution in [3.05, 3.63) is 71.7 Å². The van der Waals surface area contributed by atoms with Crippen LogP contribution in [0.5, 0.6) is 0 Å². The maximum atomic E-state index is 13.6. The molecule has 5 nitrogen and oxygen atoms in total. The van der Waals surface area contributed by atoms with E-state index < -0.39 is 0 Å². The fraction of sp³-hybridized carbons (Fsp3) is 0.261. The van der Waals surface area contributed by atoms with Gasteiger partial charge in [0.1, 0.15) is 5.82 Å². The number of thiazole rings is 1. The van der Waals surface area contributed by atoms with Gasteiger partial charge in [0.25, 0.3) is 0 Å². The Hall–Kier alpha value is -2.71. The van der Waals surface area contributed by atoms with Gasteiger partial charge in [0.2, 0.25) is 5.91 Å². The molecule has 1 aliphatic rings. The van der Waals surface area contributed by atoms with Gasteiger partial charge in [-0.3, -0.25) is 9.36 Å². The summed E-state index contributed by atoms with van der Waals surface area (Å²) in [6.07, 6.45) is 5.33. The number of imidazole rings is 1. The molecule has 2 aromatic heterocycles. The maximum Gasteiger partial charge on any atom is 0.233 e. The van der Waals surface area contributed by atoms with E-state index in [2.05, 4.69) is 17.1 Å². The molecule has 0 spiro atoms. The Kier molecular flexibility index (Phi) is 5.74. The lowest BCUT2D eigenvalue weighted by Crippen LogP contribution is -2.39. The largest absolute Gasteiger partial charge is 0.342 e. The van der Waals surface area contributed by atoms with E-state index in [1.165, 1.54) is 33.6 Å². The van der Waals surface area contributed by atoms with Gasteiger partial charge in [-0.15, -0.1) is 11.3 Å². The molecule has 3 heterocycles. The molecule has 0 saturated carbocycles. The lowest BCUT2D eigenvalue weighted by Gasteiger charge is -2.31. The van der Waals surface area contributed by atoms with Crippen molar-refractivity contribution >= 4 is 39.2 Å². The summed E-state index contributed by atoms with van der Waals surface area (Å²) < 4.78 is 16.6. The van der Waals surface area contributed by atoms with Gasteiger partial charge in [-0.2, -0.15) is 0 Å². The minimum atomic E-state index is -0.297. The molecule has 5 rings (SSSR count). The highest BCUT2D eigenvalue weighted by Gasteiger charge is 2.26. The number of amides is 1. The Bertz CT molecular complexity index is 1180. The van der Waals surface area contributed by atoms with Crippen molar-refractivity contribution in [3.63, 3.8) is 0 Å². The highest BCUT2D eigenvalue weighted by Crippen LogP contribution is 2.34. The van der Waals surface area contributed by atoms with Crippen molar-refractivity contribution in [2.75, 3.05) is 18.8 Å². The zero-order chi connectivity index (χ0) is 21.2. The number of carbonyl (C=O) groups is 1. The van der Waals surface area contributed by atoms with Gasteiger partial charge in [0.05, 0.1) is 26.7 Å². The van der Waals surface area contributed by atoms with Crippen LogP contribution >= 0.6 is 23.1 Å². The lowest BCUT2D eigenvalue weighted by atomic mass is 9.97. The van der Waals surface area contributed by atoms with E-state index >= 15 is 0 Å². The van der Waals surface area contributed by atoms with E-state index in [1.54, 1.807) is 34.4 Å². The van der Waals surface area contributed by atoms with Gasteiger partial charge in [0.15, 0.2) is 5.16 Å². The molecular weight excluding hydrogens is 431 g/mol. The summed E-state index contributed by atoms with van der Waals surface area (Å²) in [6, 6.07) is 14.6. The Balaban J connectivity index is 1.18. The third-order valence-electron chi connectivity index (χ3n) is 5.53. The maximum absolute atomic E-state index is 13.6. The molecule has 0 atom stereocenters. The summed E-state index contributed by atoms with van der Waals surface area (Å²) in [5.74, 6) is 0.551. The number of nitrogens with zero attached hydrogens (tertiary/aromatic N) is 4. The van der Waals surface area contributed by atoms with Gasteiger partial charge in [0, 0.05) is 31.4 Å². The minimum Gasteiger partial charge on any atom is -0.342 e. The Morgan fingerprint density at radius 1 is 1.16 bits per heavy atom. The summed E-state index contributed by atoms with van der Waals surface area (Å²) in [5, 5.41) is 1.86. The van der Waals surface area contributed by atoms with E-state index in [4.69, 9.17) is 4.98 Å². The number of thioether (sulfide) groups is 1. The number of rotatable bonds is 5. The van der Waals surface area contributed by atoms with Crippen LogP contribution < -0.4 is 0 Å². The highest BCUT2D eigenvalue weighted by molar-refractivity contribution is 7.99. The number of likely N-dealkylation sites (tertiary alicyclic amines) is 1. The molecule has 8 heteroatoms. The molecule has 0 bridgehead atoms. The second-order valence-corrected chi connectivity index (χ2v) is 9.53. The van der Waals surface area contributed by atoms with Gasteiger partial charge < -0.3 is 4.90 Å². The molecule has 0 radical (unpaired) electrons. The second-order valence-electron chi connectivity index (χ2n) is 7.52. The summed E-state index contributed by atoms with van der Waals surface area (Å²) in [6.45, 7) is 1.50. The first-order valence-electron chi connectivity index (χ1n) is 10.2. The fourth-order valence-corrected chi connectivity index (χ4v) is 5.89. The molecule has 2 aromatic carbocycles. The molecule has 1 fully saturated rings.